The summed E-state index contributed by atoms with van der Waals surface area (Å²) in [5, 5.41) is 27.8. The monoisotopic (exact) mass is 734 g/mol. The predicted molar refractivity (Wildman–Crippen MR) is 193 cm³/mol. The topological polar surface area (TPSA) is 201 Å². The number of nitrogens with zero attached hydrogens (tertiary/aromatic N) is 4. The van der Waals surface area contributed by atoms with Gasteiger partial charge >= 0.3 is 0 Å². The van der Waals surface area contributed by atoms with Crippen LogP contribution < -0.4 is 26.2 Å². The third-order valence-electron chi connectivity index (χ3n) is 8.55. The Bertz CT molecular complexity index is 1980. The van der Waals surface area contributed by atoms with Crippen LogP contribution in [0.4, 0.5) is 0 Å². The molecular formula is C36H43ClN8O7. The third kappa shape index (κ3) is 9.73. The number of fused-ring (bicyclic) bond motifs is 18. The number of hydrogen-bond donors (Lipinski definition) is 5. The van der Waals surface area contributed by atoms with E-state index in [0.717, 1.165) is 0 Å². The molecule has 276 valence electrons. The van der Waals surface area contributed by atoms with Crippen molar-refractivity contribution in [3.05, 3.63) is 86.9 Å². The van der Waals surface area contributed by atoms with Crippen LogP contribution in [0.3, 0.4) is 0 Å². The lowest BCUT2D eigenvalue weighted by atomic mass is 10.0. The summed E-state index contributed by atoms with van der Waals surface area (Å²) in [6.45, 7) is 6.21. The van der Waals surface area contributed by atoms with Crippen LogP contribution in [0, 0.1) is 5.92 Å². The number of rotatable bonds is 4. The molecule has 4 bridgehead atoms. The molecule has 0 radical (unpaired) electrons. The summed E-state index contributed by atoms with van der Waals surface area (Å²) in [7, 11) is 0. The van der Waals surface area contributed by atoms with E-state index in [2.05, 4.69) is 31.2 Å². The van der Waals surface area contributed by atoms with Crippen molar-refractivity contribution < 1.29 is 29.0 Å². The first-order valence-corrected chi connectivity index (χ1v) is 17.6. The van der Waals surface area contributed by atoms with Gasteiger partial charge in [0.25, 0.3) is 11.8 Å². The molecule has 2 aliphatic rings. The first-order chi connectivity index (χ1) is 24.9. The van der Waals surface area contributed by atoms with Crippen molar-refractivity contribution >= 4 is 46.1 Å². The maximum absolute atomic E-state index is 14.0. The number of nitrogens with one attached hydrogen (secondary N) is 4. The molecule has 0 fully saturated rings. The zero-order valence-electron chi connectivity index (χ0n) is 29.2. The number of aliphatic hydroxyl groups is 1. The quantitative estimate of drug-likeness (QED) is 0.195. The van der Waals surface area contributed by atoms with Crippen molar-refractivity contribution in [1.82, 2.24) is 40.8 Å². The van der Waals surface area contributed by atoms with E-state index in [1.54, 1.807) is 41.2 Å². The number of aryl methyl sites for hydroxylation is 1. The van der Waals surface area contributed by atoms with Gasteiger partial charge in [0.05, 0.1) is 29.0 Å². The zero-order chi connectivity index (χ0) is 37.4. The maximum atomic E-state index is 14.0. The molecule has 52 heavy (non-hydrogen) atoms. The molecule has 0 unspecified atom stereocenters. The standard InChI is InChI=1S/C36H43ClN8O7/c1-21(2)17-29-34(49)38-12-15-44(36(51)26-19-31(47)39-28-8-5-4-7-25(26)28)14-11-24-20-45(43-42-24)13-6-16-52-30-10-9-23(18-27(30)37)33(48)41-32(22(3)46)35(50)40-29/h4-5,7-10,18-22,29,32,46H,6,11-17H2,1-3H3,(H,38,49)(H,39,47)(H,40,50)(H,41,48)/t22-,29-,32+/m1/s1. The van der Waals surface area contributed by atoms with Gasteiger partial charge in [0, 0.05) is 67.8 Å². The van der Waals surface area contributed by atoms with E-state index in [1.807, 2.05) is 13.8 Å². The lowest BCUT2D eigenvalue weighted by molar-refractivity contribution is -0.131. The molecule has 4 heterocycles. The molecule has 2 aromatic carbocycles. The fourth-order valence-electron chi connectivity index (χ4n) is 5.88. The molecule has 2 aromatic heterocycles. The Hall–Kier alpha value is -5.28. The van der Waals surface area contributed by atoms with E-state index in [1.165, 1.54) is 30.0 Å². The van der Waals surface area contributed by atoms with E-state index in [-0.39, 0.29) is 48.1 Å². The van der Waals surface area contributed by atoms with Crippen molar-refractivity contribution in [2.45, 2.75) is 64.8 Å². The van der Waals surface area contributed by atoms with Gasteiger partial charge in [-0.1, -0.05) is 48.9 Å². The molecule has 4 aromatic rings. The second-order valence-corrected chi connectivity index (χ2v) is 13.5. The third-order valence-corrected chi connectivity index (χ3v) is 8.84. The van der Waals surface area contributed by atoms with Crippen LogP contribution in [0.5, 0.6) is 5.75 Å². The van der Waals surface area contributed by atoms with Crippen LogP contribution in [0.15, 0.2) is 59.5 Å². The van der Waals surface area contributed by atoms with E-state index in [9.17, 15) is 29.1 Å². The molecule has 0 aliphatic carbocycles. The van der Waals surface area contributed by atoms with Gasteiger partial charge in [-0.05, 0) is 43.5 Å². The summed E-state index contributed by atoms with van der Waals surface area (Å²) in [4.78, 5) is 71.0. The highest BCUT2D eigenvalue weighted by molar-refractivity contribution is 6.32. The minimum atomic E-state index is -1.39. The normalized spacial score (nSPS) is 19.0. The van der Waals surface area contributed by atoms with Crippen molar-refractivity contribution in [2.75, 3.05) is 26.2 Å². The first kappa shape index (κ1) is 38.0. The van der Waals surface area contributed by atoms with Crippen LogP contribution in [0.1, 0.15) is 60.0 Å². The second kappa shape index (κ2) is 17.3. The molecule has 0 spiro atoms. The van der Waals surface area contributed by atoms with Crippen molar-refractivity contribution in [3.8, 4) is 5.75 Å². The number of aromatic amines is 1. The maximum Gasteiger partial charge on any atom is 0.254 e. The summed E-state index contributed by atoms with van der Waals surface area (Å²) in [5.41, 5.74) is 1.09. The van der Waals surface area contributed by atoms with Gasteiger partial charge in [-0.2, -0.15) is 0 Å². The summed E-state index contributed by atoms with van der Waals surface area (Å²) >= 11 is 6.42. The number of amides is 4. The lowest BCUT2D eigenvalue weighted by Gasteiger charge is -2.27. The average molecular weight is 735 g/mol. The number of benzene rings is 2. The second-order valence-electron chi connectivity index (χ2n) is 13.1. The number of carbonyl (C=O) groups excluding carboxylic acids is 4. The minimum Gasteiger partial charge on any atom is -0.492 e. The van der Waals surface area contributed by atoms with Crippen molar-refractivity contribution in [2.24, 2.45) is 5.92 Å². The summed E-state index contributed by atoms with van der Waals surface area (Å²) in [5.74, 6) is -1.98. The number of carbonyl (C=O) groups is 4. The molecule has 16 heteroatoms. The Balaban J connectivity index is 1.42. The zero-order valence-corrected chi connectivity index (χ0v) is 30.0. The highest BCUT2D eigenvalue weighted by Gasteiger charge is 2.31. The number of aromatic nitrogens is 4. The van der Waals surface area contributed by atoms with Crippen LogP contribution in [0.25, 0.3) is 10.9 Å². The van der Waals surface area contributed by atoms with Crippen molar-refractivity contribution in [3.63, 3.8) is 0 Å². The smallest absolute Gasteiger partial charge is 0.254 e. The van der Waals surface area contributed by atoms with Gasteiger partial charge < -0.3 is 35.7 Å². The van der Waals surface area contributed by atoms with Crippen LogP contribution >= 0.6 is 11.6 Å². The van der Waals surface area contributed by atoms with Crippen LogP contribution in [-0.2, 0) is 22.6 Å². The molecule has 6 rings (SSSR count). The minimum absolute atomic E-state index is 0.0127. The van der Waals surface area contributed by atoms with Gasteiger partial charge in [-0.25, -0.2) is 0 Å². The lowest BCUT2D eigenvalue weighted by Crippen LogP contribution is -2.57. The van der Waals surface area contributed by atoms with Crippen LogP contribution in [-0.4, -0.2) is 98.0 Å². The Morgan fingerprint density at radius 2 is 1.81 bits per heavy atom. The fourth-order valence-corrected chi connectivity index (χ4v) is 6.11. The summed E-state index contributed by atoms with van der Waals surface area (Å²) < 4.78 is 7.50. The van der Waals surface area contributed by atoms with Gasteiger partial charge in [-0.3, -0.25) is 28.7 Å². The van der Waals surface area contributed by atoms with Gasteiger partial charge in [-0.15, -0.1) is 5.10 Å². The number of hydrogen-bond acceptors (Lipinski definition) is 9. The molecule has 5 N–H and O–H groups in total. The predicted octanol–water partition coefficient (Wildman–Crippen LogP) is 2.07. The molecule has 2 aliphatic heterocycles. The van der Waals surface area contributed by atoms with Gasteiger partial charge in [0.1, 0.15) is 17.8 Å². The number of ether oxygens (including phenoxy) is 1. The van der Waals surface area contributed by atoms with Crippen LogP contribution in [0.2, 0.25) is 5.02 Å². The number of aliphatic hydroxyl groups excluding tert-OH is 1. The highest BCUT2D eigenvalue weighted by atomic mass is 35.5. The van der Waals surface area contributed by atoms with Gasteiger partial charge in [0.15, 0.2) is 0 Å². The molecular weight excluding hydrogens is 692 g/mol. The molecule has 15 nitrogen and oxygen atoms in total. The molecule has 3 atom stereocenters. The first-order valence-electron chi connectivity index (χ1n) is 17.2. The van der Waals surface area contributed by atoms with E-state index in [0.29, 0.717) is 48.3 Å². The number of pyridine rings is 1. The average Bonchev–Trinajstić information content (AvgIpc) is 3.56. The highest BCUT2D eigenvalue weighted by Crippen LogP contribution is 2.26. The van der Waals surface area contributed by atoms with Gasteiger partial charge in [0.2, 0.25) is 17.4 Å². The Kier molecular flexibility index (Phi) is 12.6. The largest absolute Gasteiger partial charge is 0.492 e. The Labute approximate surface area is 305 Å². The van der Waals surface area contributed by atoms with Crippen molar-refractivity contribution in [1.29, 1.82) is 0 Å². The summed E-state index contributed by atoms with van der Waals surface area (Å²) in [6, 6.07) is 10.3. The molecule has 4 amide bonds. The van der Waals surface area contributed by atoms with E-state index >= 15 is 0 Å². The summed E-state index contributed by atoms with van der Waals surface area (Å²) in [6.07, 6.45) is 1.64. The van der Waals surface area contributed by atoms with E-state index < -0.39 is 47.4 Å². The molecule has 0 saturated heterocycles. The number of H-pyrrole nitrogens is 1. The van der Waals surface area contributed by atoms with E-state index in [4.69, 9.17) is 16.3 Å². The molecule has 0 saturated carbocycles. The Morgan fingerprint density at radius 1 is 1.02 bits per heavy atom. The Morgan fingerprint density at radius 3 is 2.56 bits per heavy atom. The SMILES string of the molecule is CC(C)C[C@H]1NC(=O)[C@H]([C@@H](C)O)NC(=O)c2ccc(c(Cl)c2)OCCCn2cc(nn2)CCN(C(=O)c2cc(=O)[nH]c3ccccc23)CCNC1=O. The number of halogens is 1. The number of para-hydroxylation sites is 1. The fraction of sp³-hybridized carbons (Fsp3) is 0.417.